The van der Waals surface area contributed by atoms with Crippen molar-refractivity contribution in [1.29, 1.82) is 0 Å². The fraction of sp³-hybridized carbons (Fsp3) is 0.300. The Morgan fingerprint density at radius 1 is 1.47 bits per heavy atom. The summed E-state index contributed by atoms with van der Waals surface area (Å²) in [6, 6.07) is 6.16. The highest BCUT2D eigenvalue weighted by atomic mass is 19.3. The van der Waals surface area contributed by atoms with Gasteiger partial charge in [0.05, 0.1) is 0 Å². The minimum atomic E-state index is -2.92. The Morgan fingerprint density at radius 3 is 2.73 bits per heavy atom. The van der Waals surface area contributed by atoms with E-state index in [-0.39, 0.29) is 11.4 Å². The molecule has 0 saturated carbocycles. The van der Waals surface area contributed by atoms with Gasteiger partial charge < -0.3 is 4.74 Å². The lowest BCUT2D eigenvalue weighted by Crippen LogP contribution is -2.20. The zero-order valence-corrected chi connectivity index (χ0v) is 8.04. The van der Waals surface area contributed by atoms with Crippen molar-refractivity contribution < 1.29 is 18.3 Å². The van der Waals surface area contributed by atoms with Gasteiger partial charge in [-0.1, -0.05) is 12.1 Å². The van der Waals surface area contributed by atoms with E-state index >= 15 is 0 Å². The van der Waals surface area contributed by atoms with Crippen molar-refractivity contribution in [2.24, 2.45) is 4.99 Å². The number of rotatable bonds is 4. The van der Waals surface area contributed by atoms with Gasteiger partial charge in [-0.15, -0.1) is 0 Å². The van der Waals surface area contributed by atoms with Crippen LogP contribution in [-0.2, 0) is 4.79 Å². The summed E-state index contributed by atoms with van der Waals surface area (Å²) in [6.07, 6.45) is 1.33. The number of hydrogen-bond donors (Lipinski definition) is 0. The Hall–Kier alpha value is -1.74. The number of carbonyl (C=O) groups excluding carboxylic acids is 1. The molecule has 0 spiro atoms. The molecule has 0 aromatic heterocycles. The maximum Gasteiger partial charge on any atom is 0.278 e. The SMILES string of the molecule is CC(F)(F)COc1ccccc1N=C=O. The van der Waals surface area contributed by atoms with Crippen LogP contribution in [0.15, 0.2) is 29.3 Å². The van der Waals surface area contributed by atoms with Crippen LogP contribution in [0.3, 0.4) is 0 Å². The zero-order valence-electron chi connectivity index (χ0n) is 8.04. The van der Waals surface area contributed by atoms with Gasteiger partial charge in [-0.05, 0) is 12.1 Å². The number of ether oxygens (including phenoxy) is 1. The van der Waals surface area contributed by atoms with Gasteiger partial charge in [-0.25, -0.2) is 13.6 Å². The summed E-state index contributed by atoms with van der Waals surface area (Å²) in [7, 11) is 0. The first kappa shape index (κ1) is 11.3. The highest BCUT2D eigenvalue weighted by molar-refractivity contribution is 5.57. The van der Waals surface area contributed by atoms with Gasteiger partial charge in [0, 0.05) is 6.92 Å². The molecular formula is C10H9F2NO2. The normalized spacial score (nSPS) is 10.6. The Morgan fingerprint density at radius 2 is 2.13 bits per heavy atom. The molecule has 0 amide bonds. The van der Waals surface area contributed by atoms with Gasteiger partial charge >= 0.3 is 0 Å². The van der Waals surface area contributed by atoms with Crippen molar-refractivity contribution in [2.45, 2.75) is 12.8 Å². The Bertz CT molecular complexity index is 381. The molecule has 1 rings (SSSR count). The standard InChI is InChI=1S/C10H9F2NO2/c1-10(11,12)6-15-9-5-3-2-4-8(9)13-7-14/h2-5H,6H2,1H3. The predicted molar refractivity (Wildman–Crippen MR) is 50.3 cm³/mol. The van der Waals surface area contributed by atoms with Gasteiger partial charge in [-0.2, -0.15) is 4.99 Å². The van der Waals surface area contributed by atoms with Crippen molar-refractivity contribution in [1.82, 2.24) is 0 Å². The minimum Gasteiger partial charge on any atom is -0.485 e. The number of halogens is 2. The van der Waals surface area contributed by atoms with E-state index in [1.807, 2.05) is 0 Å². The highest BCUT2D eigenvalue weighted by Gasteiger charge is 2.22. The Kier molecular flexibility index (Phi) is 3.52. The third-order valence-electron chi connectivity index (χ3n) is 1.51. The molecule has 5 heteroatoms. The molecule has 3 nitrogen and oxygen atoms in total. The molecule has 80 valence electrons. The monoisotopic (exact) mass is 213 g/mol. The average molecular weight is 213 g/mol. The third kappa shape index (κ3) is 3.87. The molecule has 0 fully saturated rings. The summed E-state index contributed by atoms with van der Waals surface area (Å²) < 4.78 is 29.8. The number of aliphatic imine (C=N–C) groups is 1. The number of nitrogens with zero attached hydrogens (tertiary/aromatic N) is 1. The lowest BCUT2D eigenvalue weighted by Gasteiger charge is -2.12. The fourth-order valence-corrected chi connectivity index (χ4v) is 0.925. The molecule has 0 atom stereocenters. The van der Waals surface area contributed by atoms with Gasteiger partial charge in [-0.3, -0.25) is 0 Å². The van der Waals surface area contributed by atoms with Crippen LogP contribution in [0, 0.1) is 0 Å². The van der Waals surface area contributed by atoms with Crippen molar-refractivity contribution in [3.05, 3.63) is 24.3 Å². The number of benzene rings is 1. The smallest absolute Gasteiger partial charge is 0.278 e. The zero-order chi connectivity index (χ0) is 11.3. The van der Waals surface area contributed by atoms with Crippen LogP contribution >= 0.6 is 0 Å². The minimum absolute atomic E-state index is 0.141. The molecule has 0 saturated heterocycles. The van der Waals surface area contributed by atoms with E-state index in [9.17, 15) is 13.6 Å². The van der Waals surface area contributed by atoms with Crippen molar-refractivity contribution in [3.8, 4) is 5.75 Å². The molecule has 0 bridgehead atoms. The summed E-state index contributed by atoms with van der Waals surface area (Å²) in [6.45, 7) is -0.00298. The molecule has 0 radical (unpaired) electrons. The van der Waals surface area contributed by atoms with Gasteiger partial charge in [0.25, 0.3) is 5.92 Å². The molecule has 0 N–H and O–H groups in total. The first-order valence-corrected chi connectivity index (χ1v) is 4.20. The number of alkyl halides is 2. The van der Waals surface area contributed by atoms with E-state index in [2.05, 4.69) is 4.99 Å². The van der Waals surface area contributed by atoms with Crippen LogP contribution in [0.25, 0.3) is 0 Å². The van der Waals surface area contributed by atoms with Crippen molar-refractivity contribution >= 4 is 11.8 Å². The maximum atomic E-state index is 12.5. The largest absolute Gasteiger partial charge is 0.485 e. The van der Waals surface area contributed by atoms with Gasteiger partial charge in [0.15, 0.2) is 6.61 Å². The second kappa shape index (κ2) is 4.66. The lowest BCUT2D eigenvalue weighted by atomic mass is 10.3. The van der Waals surface area contributed by atoms with Crippen LogP contribution in [0.2, 0.25) is 0 Å². The number of para-hydroxylation sites is 2. The maximum absolute atomic E-state index is 12.5. The van der Waals surface area contributed by atoms with E-state index in [1.54, 1.807) is 12.1 Å². The van der Waals surface area contributed by atoms with Crippen LogP contribution in [0.1, 0.15) is 6.92 Å². The fourth-order valence-electron chi connectivity index (χ4n) is 0.925. The van der Waals surface area contributed by atoms with Gasteiger partial charge in [0.1, 0.15) is 11.4 Å². The summed E-state index contributed by atoms with van der Waals surface area (Å²) in [5.41, 5.74) is 0.191. The molecule has 0 unspecified atom stereocenters. The second-order valence-corrected chi connectivity index (χ2v) is 3.03. The van der Waals surface area contributed by atoms with Crippen LogP contribution in [-0.4, -0.2) is 18.6 Å². The van der Waals surface area contributed by atoms with E-state index in [1.165, 1.54) is 18.2 Å². The quantitative estimate of drug-likeness (QED) is 0.569. The number of isocyanates is 1. The highest BCUT2D eigenvalue weighted by Crippen LogP contribution is 2.27. The first-order chi connectivity index (χ1) is 7.03. The van der Waals surface area contributed by atoms with E-state index < -0.39 is 12.5 Å². The Balaban J connectivity index is 2.80. The molecule has 15 heavy (non-hydrogen) atoms. The molecule has 1 aromatic carbocycles. The molecular weight excluding hydrogens is 204 g/mol. The molecule has 1 aromatic rings. The van der Waals surface area contributed by atoms with E-state index in [0.717, 1.165) is 6.92 Å². The summed E-state index contributed by atoms with van der Waals surface area (Å²) in [5.74, 6) is -2.78. The van der Waals surface area contributed by atoms with E-state index in [0.29, 0.717) is 0 Å². The summed E-state index contributed by atoms with van der Waals surface area (Å²) >= 11 is 0. The topological polar surface area (TPSA) is 38.7 Å². The van der Waals surface area contributed by atoms with Crippen molar-refractivity contribution in [3.63, 3.8) is 0 Å². The van der Waals surface area contributed by atoms with E-state index in [4.69, 9.17) is 4.74 Å². The van der Waals surface area contributed by atoms with Gasteiger partial charge in [0.2, 0.25) is 6.08 Å². The van der Waals surface area contributed by atoms with Crippen LogP contribution < -0.4 is 4.74 Å². The summed E-state index contributed by atoms with van der Waals surface area (Å²) in [4.78, 5) is 13.4. The first-order valence-electron chi connectivity index (χ1n) is 4.20. The molecule has 0 aliphatic carbocycles. The molecule has 0 heterocycles. The van der Waals surface area contributed by atoms with Crippen molar-refractivity contribution in [2.75, 3.05) is 6.61 Å². The molecule has 0 aliphatic rings. The van der Waals surface area contributed by atoms with Crippen LogP contribution in [0.4, 0.5) is 14.5 Å². The lowest BCUT2D eigenvalue weighted by molar-refractivity contribution is -0.0227. The Labute approximate surface area is 85.4 Å². The predicted octanol–water partition coefficient (Wildman–Crippen LogP) is 2.69. The number of hydrogen-bond acceptors (Lipinski definition) is 3. The van der Waals surface area contributed by atoms with Crippen LogP contribution in [0.5, 0.6) is 5.75 Å². The molecule has 0 aliphatic heterocycles. The third-order valence-corrected chi connectivity index (χ3v) is 1.51. The average Bonchev–Trinajstić information content (AvgIpc) is 2.16. The second-order valence-electron chi connectivity index (χ2n) is 3.03. The summed E-state index contributed by atoms with van der Waals surface area (Å²) in [5, 5.41) is 0.